The van der Waals surface area contributed by atoms with Gasteiger partial charge in [-0.1, -0.05) is 6.07 Å². The van der Waals surface area contributed by atoms with Crippen LogP contribution in [0.1, 0.15) is 25.3 Å². The fourth-order valence-corrected chi connectivity index (χ4v) is 3.54. The first-order valence-corrected chi connectivity index (χ1v) is 8.84. The van der Waals surface area contributed by atoms with E-state index in [0.717, 1.165) is 18.7 Å². The summed E-state index contributed by atoms with van der Waals surface area (Å²) in [5.41, 5.74) is 0.960. The molecule has 1 saturated heterocycles. The number of nitrogens with zero attached hydrogens (tertiary/aromatic N) is 2. The Hall–Kier alpha value is -1.02. The van der Waals surface area contributed by atoms with Crippen molar-refractivity contribution in [2.45, 2.75) is 37.4 Å². The summed E-state index contributed by atoms with van der Waals surface area (Å²) in [4.78, 5) is 6.35. The molecule has 0 radical (unpaired) electrons. The first kappa shape index (κ1) is 16.4. The van der Waals surface area contributed by atoms with E-state index in [0.29, 0.717) is 13.1 Å². The SMILES string of the molecule is CNCc1ccc(S(=O)(=O)NCC(C)N2CCCC2)nc1. The van der Waals surface area contributed by atoms with Gasteiger partial charge in [0.2, 0.25) is 0 Å². The van der Waals surface area contributed by atoms with E-state index in [2.05, 4.69) is 26.8 Å². The minimum Gasteiger partial charge on any atom is -0.316 e. The highest BCUT2D eigenvalue weighted by Crippen LogP contribution is 2.12. The highest BCUT2D eigenvalue weighted by Gasteiger charge is 2.21. The van der Waals surface area contributed by atoms with E-state index >= 15 is 0 Å². The van der Waals surface area contributed by atoms with Crippen molar-refractivity contribution in [3.8, 4) is 0 Å². The summed E-state index contributed by atoms with van der Waals surface area (Å²) in [5, 5.41) is 3.08. The summed E-state index contributed by atoms with van der Waals surface area (Å²) in [6.07, 6.45) is 3.99. The Labute approximate surface area is 127 Å². The van der Waals surface area contributed by atoms with Crippen molar-refractivity contribution in [2.24, 2.45) is 0 Å². The lowest BCUT2D eigenvalue weighted by atomic mass is 10.3. The average molecular weight is 312 g/mol. The molecule has 1 aliphatic rings. The molecule has 2 heterocycles. The Morgan fingerprint density at radius 2 is 2.05 bits per heavy atom. The Balaban J connectivity index is 1.94. The predicted molar refractivity (Wildman–Crippen MR) is 82.5 cm³/mol. The van der Waals surface area contributed by atoms with Gasteiger partial charge in [-0.3, -0.25) is 4.90 Å². The van der Waals surface area contributed by atoms with Crippen LogP contribution in [0.15, 0.2) is 23.4 Å². The zero-order valence-electron chi connectivity index (χ0n) is 12.7. The summed E-state index contributed by atoms with van der Waals surface area (Å²) in [6, 6.07) is 3.54. The van der Waals surface area contributed by atoms with E-state index in [-0.39, 0.29) is 11.1 Å². The van der Waals surface area contributed by atoms with Crippen molar-refractivity contribution >= 4 is 10.0 Å². The highest BCUT2D eigenvalue weighted by atomic mass is 32.2. The number of likely N-dealkylation sites (tertiary alicyclic amines) is 1. The fourth-order valence-electron chi connectivity index (χ4n) is 2.49. The first-order valence-electron chi connectivity index (χ1n) is 7.36. The van der Waals surface area contributed by atoms with Gasteiger partial charge in [0.25, 0.3) is 10.0 Å². The lowest BCUT2D eigenvalue weighted by molar-refractivity contribution is 0.260. The Morgan fingerprint density at radius 1 is 1.33 bits per heavy atom. The first-order chi connectivity index (χ1) is 10.0. The minimum absolute atomic E-state index is 0.0796. The zero-order chi connectivity index (χ0) is 15.3. The van der Waals surface area contributed by atoms with Crippen LogP contribution in [0, 0.1) is 0 Å². The van der Waals surface area contributed by atoms with E-state index < -0.39 is 10.0 Å². The van der Waals surface area contributed by atoms with Crippen molar-refractivity contribution in [2.75, 3.05) is 26.7 Å². The van der Waals surface area contributed by atoms with Crippen LogP contribution in [-0.4, -0.2) is 51.0 Å². The molecule has 1 aromatic rings. The van der Waals surface area contributed by atoms with Gasteiger partial charge in [-0.2, -0.15) is 0 Å². The largest absolute Gasteiger partial charge is 0.316 e. The summed E-state index contributed by atoms with van der Waals surface area (Å²) < 4.78 is 27.1. The minimum atomic E-state index is -3.52. The maximum atomic E-state index is 12.2. The Morgan fingerprint density at radius 3 is 2.62 bits per heavy atom. The van der Waals surface area contributed by atoms with E-state index in [4.69, 9.17) is 0 Å². The Bertz CT molecular complexity index is 539. The molecule has 0 amide bonds. The molecule has 0 aromatic carbocycles. The number of aromatic nitrogens is 1. The molecule has 0 aliphatic carbocycles. The molecule has 2 rings (SSSR count). The van der Waals surface area contributed by atoms with E-state index in [1.807, 2.05) is 7.05 Å². The maximum Gasteiger partial charge on any atom is 0.258 e. The molecule has 2 N–H and O–H groups in total. The smallest absolute Gasteiger partial charge is 0.258 e. The lowest BCUT2D eigenvalue weighted by Crippen LogP contribution is -2.40. The van der Waals surface area contributed by atoms with Crippen LogP contribution in [0.4, 0.5) is 0 Å². The van der Waals surface area contributed by atoms with Gasteiger partial charge in [0.1, 0.15) is 0 Å². The van der Waals surface area contributed by atoms with Gasteiger partial charge < -0.3 is 5.32 Å². The van der Waals surface area contributed by atoms with Crippen molar-refractivity contribution in [1.82, 2.24) is 19.9 Å². The van der Waals surface area contributed by atoms with Crippen molar-refractivity contribution in [1.29, 1.82) is 0 Å². The van der Waals surface area contributed by atoms with E-state index in [1.165, 1.54) is 12.8 Å². The quantitative estimate of drug-likeness (QED) is 0.770. The molecule has 21 heavy (non-hydrogen) atoms. The van der Waals surface area contributed by atoms with Crippen LogP contribution in [-0.2, 0) is 16.6 Å². The highest BCUT2D eigenvalue weighted by molar-refractivity contribution is 7.89. The third-order valence-corrected chi connectivity index (χ3v) is 5.13. The van der Waals surface area contributed by atoms with Crippen LogP contribution in [0.25, 0.3) is 0 Å². The third kappa shape index (κ3) is 4.47. The van der Waals surface area contributed by atoms with Crippen LogP contribution in [0.5, 0.6) is 0 Å². The van der Waals surface area contributed by atoms with Crippen molar-refractivity contribution in [3.63, 3.8) is 0 Å². The fraction of sp³-hybridized carbons (Fsp3) is 0.643. The zero-order valence-corrected chi connectivity index (χ0v) is 13.5. The summed E-state index contributed by atoms with van der Waals surface area (Å²) in [7, 11) is -1.69. The predicted octanol–water partition coefficient (Wildman–Crippen LogP) is 0.564. The molecule has 1 unspecified atom stereocenters. The van der Waals surface area contributed by atoms with Crippen molar-refractivity contribution in [3.05, 3.63) is 23.9 Å². The second kappa shape index (κ2) is 7.31. The molecule has 0 spiro atoms. The summed E-state index contributed by atoms with van der Waals surface area (Å²) in [5.74, 6) is 0. The Kier molecular flexibility index (Phi) is 5.69. The van der Waals surface area contributed by atoms with Gasteiger partial charge in [0.15, 0.2) is 5.03 Å². The molecule has 6 nitrogen and oxygen atoms in total. The standard InChI is InChI=1S/C14H24N4O2S/c1-12(18-7-3-4-8-18)9-17-21(19,20)14-6-5-13(10-15-2)11-16-14/h5-6,11-12,15,17H,3-4,7-10H2,1-2H3. The average Bonchev–Trinajstić information content (AvgIpc) is 3.00. The second-order valence-corrected chi connectivity index (χ2v) is 7.19. The molecular formula is C14H24N4O2S. The summed E-state index contributed by atoms with van der Waals surface area (Å²) in [6.45, 7) is 5.26. The molecule has 1 atom stereocenters. The van der Waals surface area contributed by atoms with Gasteiger partial charge in [0, 0.05) is 25.3 Å². The van der Waals surface area contributed by atoms with E-state index in [1.54, 1.807) is 18.3 Å². The molecule has 0 saturated carbocycles. The van der Waals surface area contributed by atoms with Gasteiger partial charge in [-0.05, 0) is 51.5 Å². The van der Waals surface area contributed by atoms with Gasteiger partial charge in [-0.15, -0.1) is 0 Å². The number of hydrogen-bond acceptors (Lipinski definition) is 5. The molecule has 1 fully saturated rings. The van der Waals surface area contributed by atoms with Crippen LogP contribution >= 0.6 is 0 Å². The number of hydrogen-bond donors (Lipinski definition) is 2. The van der Waals surface area contributed by atoms with Gasteiger partial charge >= 0.3 is 0 Å². The number of nitrogens with one attached hydrogen (secondary N) is 2. The van der Waals surface area contributed by atoms with Crippen LogP contribution < -0.4 is 10.0 Å². The van der Waals surface area contributed by atoms with Gasteiger partial charge in [0.05, 0.1) is 0 Å². The summed E-state index contributed by atoms with van der Waals surface area (Å²) >= 11 is 0. The van der Waals surface area contributed by atoms with Gasteiger partial charge in [-0.25, -0.2) is 18.1 Å². The molecule has 0 bridgehead atoms. The maximum absolute atomic E-state index is 12.2. The molecule has 7 heteroatoms. The molecule has 118 valence electrons. The molecule has 1 aliphatic heterocycles. The normalized spacial score (nSPS) is 18.0. The monoisotopic (exact) mass is 312 g/mol. The van der Waals surface area contributed by atoms with E-state index in [9.17, 15) is 8.42 Å². The number of sulfonamides is 1. The number of pyridine rings is 1. The third-order valence-electron chi connectivity index (χ3n) is 3.79. The topological polar surface area (TPSA) is 74.3 Å². The number of rotatable bonds is 7. The molecule has 1 aromatic heterocycles. The van der Waals surface area contributed by atoms with Crippen LogP contribution in [0.3, 0.4) is 0 Å². The van der Waals surface area contributed by atoms with Crippen molar-refractivity contribution < 1.29 is 8.42 Å². The second-order valence-electron chi connectivity index (χ2n) is 5.48. The molecular weight excluding hydrogens is 288 g/mol. The lowest BCUT2D eigenvalue weighted by Gasteiger charge is -2.23. The van der Waals surface area contributed by atoms with Crippen LogP contribution in [0.2, 0.25) is 0 Å².